The molecule has 7 rings (SSSR count). The fourth-order valence-corrected chi connectivity index (χ4v) is 5.61. The summed E-state index contributed by atoms with van der Waals surface area (Å²) in [6, 6.07) is 13.9. The molecule has 1 aliphatic carbocycles. The summed E-state index contributed by atoms with van der Waals surface area (Å²) in [5, 5.41) is 19.3. The number of aromatic nitrogens is 5. The zero-order valence-electron chi connectivity index (χ0n) is 21.1. The highest BCUT2D eigenvalue weighted by molar-refractivity contribution is 6.10. The molecule has 190 valence electrons. The van der Waals surface area contributed by atoms with Gasteiger partial charge in [0, 0.05) is 47.6 Å². The van der Waals surface area contributed by atoms with Crippen molar-refractivity contribution in [2.75, 3.05) is 24.9 Å². The molecule has 4 heterocycles. The third-order valence-electron chi connectivity index (χ3n) is 7.65. The Morgan fingerprint density at radius 1 is 1.08 bits per heavy atom. The third kappa shape index (κ3) is 3.26. The van der Waals surface area contributed by atoms with Crippen LogP contribution < -0.4 is 20.1 Å². The van der Waals surface area contributed by atoms with Crippen molar-refractivity contribution >= 4 is 34.0 Å². The van der Waals surface area contributed by atoms with E-state index < -0.39 is 5.41 Å². The van der Waals surface area contributed by atoms with Gasteiger partial charge in [-0.05, 0) is 53.9 Å². The fourth-order valence-electron chi connectivity index (χ4n) is 5.61. The molecule has 0 saturated heterocycles. The Bertz CT molecular complexity index is 1740. The molecule has 38 heavy (non-hydrogen) atoms. The van der Waals surface area contributed by atoms with Crippen LogP contribution in [0.3, 0.4) is 0 Å². The van der Waals surface area contributed by atoms with Gasteiger partial charge in [-0.3, -0.25) is 14.6 Å². The normalized spacial score (nSPS) is 19.4. The van der Waals surface area contributed by atoms with Gasteiger partial charge in [-0.1, -0.05) is 6.07 Å². The smallest absolute Gasteiger partial charge is 0.237 e. The summed E-state index contributed by atoms with van der Waals surface area (Å²) < 4.78 is 12.7. The first-order valence-electron chi connectivity index (χ1n) is 12.3. The molecule has 1 fully saturated rings. The predicted molar refractivity (Wildman–Crippen MR) is 143 cm³/mol. The zero-order valence-corrected chi connectivity index (χ0v) is 21.1. The molecule has 1 amide bonds. The topological polar surface area (TPSA) is 119 Å². The number of amides is 1. The van der Waals surface area contributed by atoms with Crippen LogP contribution in [-0.4, -0.2) is 45.1 Å². The summed E-state index contributed by atoms with van der Waals surface area (Å²) in [4.78, 5) is 17.5. The quantitative estimate of drug-likeness (QED) is 0.310. The minimum Gasteiger partial charge on any atom is -0.497 e. The maximum Gasteiger partial charge on any atom is 0.237 e. The monoisotopic (exact) mass is 507 g/mol. The van der Waals surface area contributed by atoms with Crippen LogP contribution in [0, 0.1) is 0 Å². The molecular weight excluding hydrogens is 482 g/mol. The van der Waals surface area contributed by atoms with Crippen LogP contribution in [0.1, 0.15) is 23.5 Å². The first-order chi connectivity index (χ1) is 18.5. The summed E-state index contributed by atoms with van der Waals surface area (Å²) in [5.74, 6) is 2.01. The van der Waals surface area contributed by atoms with E-state index in [0.29, 0.717) is 17.4 Å². The van der Waals surface area contributed by atoms with Crippen LogP contribution in [0.2, 0.25) is 0 Å². The Balaban J connectivity index is 1.20. The second-order valence-electron chi connectivity index (χ2n) is 9.78. The Hall–Kier alpha value is -4.86. The molecule has 0 radical (unpaired) electrons. The Morgan fingerprint density at radius 3 is 2.76 bits per heavy atom. The van der Waals surface area contributed by atoms with Crippen molar-refractivity contribution in [3.8, 4) is 22.8 Å². The number of benzene rings is 2. The van der Waals surface area contributed by atoms with Crippen molar-refractivity contribution in [3.63, 3.8) is 0 Å². The molecule has 1 spiro atoms. The lowest BCUT2D eigenvalue weighted by molar-refractivity contribution is -0.118. The first kappa shape index (κ1) is 22.3. The van der Waals surface area contributed by atoms with Crippen molar-refractivity contribution in [3.05, 3.63) is 72.2 Å². The highest BCUT2D eigenvalue weighted by Crippen LogP contribution is 2.65. The van der Waals surface area contributed by atoms with Crippen molar-refractivity contribution in [1.82, 2.24) is 25.0 Å². The number of hydrogen-bond donors (Lipinski definition) is 3. The number of pyridine rings is 1. The molecule has 2 aromatic carbocycles. The zero-order chi connectivity index (χ0) is 26.0. The number of aromatic amines is 1. The number of carbonyl (C=O) groups excluding carboxylic acids is 1. The van der Waals surface area contributed by atoms with E-state index in [2.05, 4.69) is 43.0 Å². The van der Waals surface area contributed by atoms with E-state index in [0.717, 1.165) is 51.0 Å². The summed E-state index contributed by atoms with van der Waals surface area (Å²) in [7, 11) is 5.11. The van der Waals surface area contributed by atoms with Crippen molar-refractivity contribution in [1.29, 1.82) is 0 Å². The molecule has 3 aromatic heterocycles. The number of methoxy groups -OCH3 is 2. The third-order valence-corrected chi connectivity index (χ3v) is 7.65. The highest BCUT2D eigenvalue weighted by Gasteiger charge is 2.65. The van der Waals surface area contributed by atoms with Crippen molar-refractivity contribution < 1.29 is 14.3 Å². The first-order valence-corrected chi connectivity index (χ1v) is 12.3. The van der Waals surface area contributed by atoms with Crippen LogP contribution in [0.25, 0.3) is 22.0 Å². The fraction of sp³-hybridized carbons (Fsp3) is 0.214. The van der Waals surface area contributed by atoms with Gasteiger partial charge in [0.05, 0.1) is 31.3 Å². The Labute approximate surface area is 218 Å². The lowest BCUT2D eigenvalue weighted by atomic mass is 9.91. The van der Waals surface area contributed by atoms with Gasteiger partial charge in [0.25, 0.3) is 0 Å². The molecule has 10 nitrogen and oxygen atoms in total. The Morgan fingerprint density at radius 2 is 1.97 bits per heavy atom. The van der Waals surface area contributed by atoms with Gasteiger partial charge in [0.2, 0.25) is 11.8 Å². The van der Waals surface area contributed by atoms with E-state index in [1.54, 1.807) is 31.3 Å². The molecule has 0 bridgehead atoms. The van der Waals surface area contributed by atoms with Gasteiger partial charge in [0.1, 0.15) is 11.4 Å². The number of H-pyrrole nitrogens is 1. The second kappa shape index (κ2) is 8.07. The number of hydrogen-bond acceptors (Lipinski definition) is 7. The molecule has 3 N–H and O–H groups in total. The number of ether oxygens (including phenoxy) is 2. The van der Waals surface area contributed by atoms with E-state index in [4.69, 9.17) is 9.47 Å². The largest absolute Gasteiger partial charge is 0.497 e. The van der Waals surface area contributed by atoms with Crippen molar-refractivity contribution in [2.45, 2.75) is 17.8 Å². The van der Waals surface area contributed by atoms with Crippen LogP contribution in [0.5, 0.6) is 11.6 Å². The van der Waals surface area contributed by atoms with Crippen molar-refractivity contribution in [2.24, 2.45) is 7.05 Å². The lowest BCUT2D eigenvalue weighted by Crippen LogP contribution is -2.21. The summed E-state index contributed by atoms with van der Waals surface area (Å²) in [6.07, 6.45) is 6.24. The van der Waals surface area contributed by atoms with E-state index in [1.165, 1.54) is 0 Å². The number of anilines is 3. The summed E-state index contributed by atoms with van der Waals surface area (Å²) in [5.41, 5.74) is 5.86. The van der Waals surface area contributed by atoms with Crippen LogP contribution in [-0.2, 0) is 17.3 Å². The van der Waals surface area contributed by atoms with Gasteiger partial charge in [-0.25, -0.2) is 4.98 Å². The van der Waals surface area contributed by atoms with Crippen LogP contribution in [0.4, 0.5) is 17.2 Å². The van der Waals surface area contributed by atoms with E-state index in [-0.39, 0.29) is 11.8 Å². The maximum atomic E-state index is 13.1. The van der Waals surface area contributed by atoms with Gasteiger partial charge in [-0.15, -0.1) is 0 Å². The lowest BCUT2D eigenvalue weighted by Gasteiger charge is -2.11. The van der Waals surface area contributed by atoms with E-state index >= 15 is 0 Å². The van der Waals surface area contributed by atoms with E-state index in [9.17, 15) is 4.79 Å². The Kier molecular flexibility index (Phi) is 4.75. The van der Waals surface area contributed by atoms with Gasteiger partial charge in [0.15, 0.2) is 5.82 Å². The predicted octanol–water partition coefficient (Wildman–Crippen LogP) is 4.50. The van der Waals surface area contributed by atoms with Gasteiger partial charge < -0.3 is 20.1 Å². The van der Waals surface area contributed by atoms with Gasteiger partial charge in [-0.2, -0.15) is 10.2 Å². The molecular formula is C28H25N7O3. The molecule has 1 saturated carbocycles. The number of nitrogens with one attached hydrogen (secondary N) is 3. The summed E-state index contributed by atoms with van der Waals surface area (Å²) in [6.45, 7) is 0. The molecule has 0 unspecified atom stereocenters. The number of aryl methyl sites for hydroxylation is 1. The summed E-state index contributed by atoms with van der Waals surface area (Å²) >= 11 is 0. The number of carbonyl (C=O) groups is 1. The standard InChI is InChI=1S/C28H25N7O3/c1-35-14-17(13-30-35)16-9-24(26(38-3)29-12-16)31-25-19-6-4-15(8-23(19)33-34-25)21-11-28(21)20-10-18(37-2)5-7-22(20)32-27(28)36/h4-10,12-14,21H,11H2,1-3H3,(H,32,36)(H2,31,33,34)/t21-,28-/m0/s1. The number of nitrogens with zero attached hydrogens (tertiary/aromatic N) is 4. The molecule has 5 aromatic rings. The minimum absolute atomic E-state index is 0.0471. The molecule has 1 aliphatic heterocycles. The SMILES string of the molecule is COc1ccc2c(c1)[C@]1(C[C@H]1c1ccc3c(Nc4cc(-c5cnn(C)c5)cnc4OC)n[nH]c3c1)C(=O)N2. The van der Waals surface area contributed by atoms with E-state index in [1.807, 2.05) is 43.6 Å². The average molecular weight is 508 g/mol. The van der Waals surface area contributed by atoms with Crippen LogP contribution >= 0.6 is 0 Å². The number of rotatable bonds is 6. The average Bonchev–Trinajstić information content (AvgIpc) is 3.17. The minimum atomic E-state index is -0.551. The molecule has 2 aliphatic rings. The van der Waals surface area contributed by atoms with Crippen LogP contribution in [0.15, 0.2) is 61.1 Å². The second-order valence-corrected chi connectivity index (χ2v) is 9.78. The van der Waals surface area contributed by atoms with Gasteiger partial charge >= 0.3 is 0 Å². The number of fused-ring (bicyclic) bond motifs is 3. The molecule has 2 atom stereocenters. The molecule has 10 heteroatoms. The maximum absolute atomic E-state index is 13.1. The highest BCUT2D eigenvalue weighted by atomic mass is 16.5.